The Morgan fingerprint density at radius 2 is 2.27 bits per heavy atom. The number of piperidine rings is 1. The molecule has 3 rings (SSSR count). The van der Waals surface area contributed by atoms with Crippen molar-refractivity contribution < 1.29 is 0 Å². The van der Waals surface area contributed by atoms with Gasteiger partial charge in [-0.2, -0.15) is 5.10 Å². The summed E-state index contributed by atoms with van der Waals surface area (Å²) in [6.45, 7) is 2.18. The van der Waals surface area contributed by atoms with Gasteiger partial charge in [0.15, 0.2) is 0 Å². The van der Waals surface area contributed by atoms with Crippen molar-refractivity contribution in [1.82, 2.24) is 15.1 Å². The van der Waals surface area contributed by atoms with E-state index in [1.54, 1.807) is 0 Å². The van der Waals surface area contributed by atoms with Crippen LogP contribution in [0.15, 0.2) is 6.20 Å². The van der Waals surface area contributed by atoms with E-state index >= 15 is 0 Å². The second-order valence-corrected chi connectivity index (χ2v) is 5.00. The van der Waals surface area contributed by atoms with E-state index in [2.05, 4.69) is 15.1 Å². The lowest BCUT2D eigenvalue weighted by Gasteiger charge is -2.25. The van der Waals surface area contributed by atoms with Gasteiger partial charge in [-0.15, -0.1) is 0 Å². The molecular formula is C11H16ClN3. The van der Waals surface area contributed by atoms with Gasteiger partial charge in [-0.3, -0.25) is 4.68 Å². The topological polar surface area (TPSA) is 29.9 Å². The molecule has 1 N–H and O–H groups in total. The summed E-state index contributed by atoms with van der Waals surface area (Å²) in [4.78, 5) is 0. The Morgan fingerprint density at radius 1 is 1.40 bits per heavy atom. The van der Waals surface area contributed by atoms with Crippen molar-refractivity contribution in [3.8, 4) is 0 Å². The zero-order valence-corrected chi connectivity index (χ0v) is 9.50. The molecule has 3 nitrogen and oxygen atoms in total. The van der Waals surface area contributed by atoms with Crippen LogP contribution in [-0.2, 0) is 0 Å². The van der Waals surface area contributed by atoms with E-state index in [1.807, 2.05) is 6.20 Å². The highest BCUT2D eigenvalue weighted by molar-refractivity contribution is 6.31. The third-order valence-electron chi connectivity index (χ3n) is 3.37. The van der Waals surface area contributed by atoms with Gasteiger partial charge in [0.05, 0.1) is 23.0 Å². The summed E-state index contributed by atoms with van der Waals surface area (Å²) in [5.74, 6) is 0.682. The first-order valence-corrected chi connectivity index (χ1v) is 6.17. The first-order chi connectivity index (χ1) is 7.36. The molecule has 0 spiro atoms. The van der Waals surface area contributed by atoms with E-state index in [0.717, 1.165) is 18.1 Å². The van der Waals surface area contributed by atoms with Crippen LogP contribution in [0, 0.1) is 0 Å². The summed E-state index contributed by atoms with van der Waals surface area (Å²) in [5.41, 5.74) is 1.28. The largest absolute Gasteiger partial charge is 0.315 e. The molecule has 1 saturated carbocycles. The molecule has 2 aliphatic rings. The molecule has 1 aromatic rings. The Labute approximate surface area is 94.8 Å². The van der Waals surface area contributed by atoms with E-state index in [9.17, 15) is 0 Å². The second kappa shape index (κ2) is 3.80. The minimum atomic E-state index is 0.516. The average Bonchev–Trinajstić information content (AvgIpc) is 3.03. The molecule has 1 aliphatic carbocycles. The zero-order chi connectivity index (χ0) is 10.3. The van der Waals surface area contributed by atoms with E-state index < -0.39 is 0 Å². The van der Waals surface area contributed by atoms with Gasteiger partial charge >= 0.3 is 0 Å². The molecule has 0 aromatic carbocycles. The number of hydrogen-bond acceptors (Lipinski definition) is 2. The molecule has 1 atom stereocenters. The summed E-state index contributed by atoms with van der Waals surface area (Å²) in [6, 6.07) is 0.516. The SMILES string of the molecule is Clc1cnn(C2CCCNC2)c1C1CC1. The van der Waals surface area contributed by atoms with Crippen molar-refractivity contribution in [2.45, 2.75) is 37.6 Å². The molecule has 2 fully saturated rings. The van der Waals surface area contributed by atoms with E-state index in [1.165, 1.54) is 31.4 Å². The molecule has 1 unspecified atom stereocenters. The first kappa shape index (κ1) is 9.67. The lowest BCUT2D eigenvalue weighted by atomic mass is 10.1. The molecule has 0 bridgehead atoms. The van der Waals surface area contributed by atoms with Crippen molar-refractivity contribution in [1.29, 1.82) is 0 Å². The minimum Gasteiger partial charge on any atom is -0.315 e. The molecule has 0 amide bonds. The molecule has 15 heavy (non-hydrogen) atoms. The van der Waals surface area contributed by atoms with Gasteiger partial charge in [-0.25, -0.2) is 0 Å². The highest BCUT2D eigenvalue weighted by Gasteiger charge is 2.32. The monoisotopic (exact) mass is 225 g/mol. The zero-order valence-electron chi connectivity index (χ0n) is 8.75. The quantitative estimate of drug-likeness (QED) is 0.838. The average molecular weight is 226 g/mol. The van der Waals surface area contributed by atoms with Crippen LogP contribution in [0.25, 0.3) is 0 Å². The highest BCUT2D eigenvalue weighted by Crippen LogP contribution is 2.44. The maximum absolute atomic E-state index is 6.20. The fourth-order valence-electron chi connectivity index (χ4n) is 2.42. The lowest BCUT2D eigenvalue weighted by molar-refractivity contribution is 0.339. The molecule has 4 heteroatoms. The molecule has 1 aromatic heterocycles. The number of aromatic nitrogens is 2. The number of rotatable bonds is 2. The summed E-state index contributed by atoms with van der Waals surface area (Å²) >= 11 is 6.20. The third-order valence-corrected chi connectivity index (χ3v) is 3.66. The van der Waals surface area contributed by atoms with Gasteiger partial charge in [0, 0.05) is 12.5 Å². The van der Waals surface area contributed by atoms with Crippen LogP contribution in [0.5, 0.6) is 0 Å². The van der Waals surface area contributed by atoms with Crippen molar-refractivity contribution >= 4 is 11.6 Å². The van der Waals surface area contributed by atoms with Crippen LogP contribution < -0.4 is 5.32 Å². The number of nitrogens with zero attached hydrogens (tertiary/aromatic N) is 2. The van der Waals surface area contributed by atoms with Crippen LogP contribution in [0.2, 0.25) is 5.02 Å². The van der Waals surface area contributed by atoms with Gasteiger partial charge in [-0.05, 0) is 32.2 Å². The minimum absolute atomic E-state index is 0.516. The molecule has 82 valence electrons. The summed E-state index contributed by atoms with van der Waals surface area (Å²) in [5, 5.41) is 8.73. The predicted molar refractivity (Wildman–Crippen MR) is 60.4 cm³/mol. The molecule has 2 heterocycles. The molecule has 1 aliphatic heterocycles. The van der Waals surface area contributed by atoms with Crippen LogP contribution in [0.1, 0.15) is 43.3 Å². The fourth-order valence-corrected chi connectivity index (χ4v) is 2.71. The smallest absolute Gasteiger partial charge is 0.0820 e. The van der Waals surface area contributed by atoms with Crippen molar-refractivity contribution in [3.63, 3.8) is 0 Å². The summed E-state index contributed by atoms with van der Waals surface area (Å²) in [6.07, 6.45) is 6.85. The second-order valence-electron chi connectivity index (χ2n) is 4.60. The van der Waals surface area contributed by atoms with Gasteiger partial charge < -0.3 is 5.32 Å². The maximum atomic E-state index is 6.20. The maximum Gasteiger partial charge on any atom is 0.0820 e. The molecular weight excluding hydrogens is 210 g/mol. The van der Waals surface area contributed by atoms with Crippen LogP contribution in [0.4, 0.5) is 0 Å². The number of hydrogen-bond donors (Lipinski definition) is 1. The summed E-state index contributed by atoms with van der Waals surface area (Å²) < 4.78 is 2.17. The lowest BCUT2D eigenvalue weighted by Crippen LogP contribution is -2.32. The standard InChI is InChI=1S/C11H16ClN3/c12-10-7-14-15(11(10)8-3-4-8)9-2-1-5-13-6-9/h7-9,13H,1-6H2. The van der Waals surface area contributed by atoms with E-state index in [4.69, 9.17) is 11.6 Å². The Bertz CT molecular complexity index is 351. The number of halogens is 1. The van der Waals surface area contributed by atoms with Gasteiger partial charge in [-0.1, -0.05) is 11.6 Å². The molecule has 0 radical (unpaired) electrons. The van der Waals surface area contributed by atoms with Gasteiger partial charge in [0.2, 0.25) is 0 Å². The van der Waals surface area contributed by atoms with Gasteiger partial charge in [0.1, 0.15) is 0 Å². The third kappa shape index (κ3) is 1.79. The fraction of sp³-hybridized carbons (Fsp3) is 0.727. The Morgan fingerprint density at radius 3 is 2.93 bits per heavy atom. The van der Waals surface area contributed by atoms with Crippen LogP contribution >= 0.6 is 11.6 Å². The van der Waals surface area contributed by atoms with Gasteiger partial charge in [0.25, 0.3) is 0 Å². The van der Waals surface area contributed by atoms with Crippen molar-refractivity contribution in [3.05, 3.63) is 16.9 Å². The van der Waals surface area contributed by atoms with Crippen molar-refractivity contribution in [2.24, 2.45) is 0 Å². The Kier molecular flexibility index (Phi) is 2.45. The molecule has 1 saturated heterocycles. The van der Waals surface area contributed by atoms with E-state index in [-0.39, 0.29) is 0 Å². The van der Waals surface area contributed by atoms with E-state index in [0.29, 0.717) is 12.0 Å². The Balaban J connectivity index is 1.89. The number of nitrogens with one attached hydrogen (secondary N) is 1. The van der Waals surface area contributed by atoms with Crippen molar-refractivity contribution in [2.75, 3.05) is 13.1 Å². The Hall–Kier alpha value is -0.540. The summed E-state index contributed by atoms with van der Waals surface area (Å²) in [7, 11) is 0. The first-order valence-electron chi connectivity index (χ1n) is 5.80. The highest BCUT2D eigenvalue weighted by atomic mass is 35.5. The van der Waals surface area contributed by atoms with Crippen LogP contribution in [-0.4, -0.2) is 22.9 Å². The normalized spacial score (nSPS) is 26.9. The van der Waals surface area contributed by atoms with Crippen LogP contribution in [0.3, 0.4) is 0 Å². The predicted octanol–water partition coefficient (Wildman–Crippen LogP) is 2.34.